The molecular weight excluding hydrogens is 264 g/mol. The molecule has 0 saturated heterocycles. The van der Waals surface area contributed by atoms with Crippen LogP contribution in [0.15, 0.2) is 29.6 Å². The van der Waals surface area contributed by atoms with Crippen molar-refractivity contribution in [1.82, 2.24) is 0 Å². The molecule has 0 atom stereocenters. The zero-order chi connectivity index (χ0) is 13.8. The fraction of sp³-hybridized carbons (Fsp3) is 0.154. The maximum Gasteiger partial charge on any atom is 0.249 e. The average Bonchev–Trinajstić information content (AvgIpc) is 2.85. The van der Waals surface area contributed by atoms with Gasteiger partial charge >= 0.3 is 0 Å². The van der Waals surface area contributed by atoms with E-state index < -0.39 is 5.91 Å². The highest BCUT2D eigenvalue weighted by Gasteiger charge is 2.06. The molecule has 6 heteroatoms. The third-order valence-electron chi connectivity index (χ3n) is 2.58. The molecule has 0 aliphatic carbocycles. The number of rotatable bonds is 5. The van der Waals surface area contributed by atoms with Gasteiger partial charge < -0.3 is 20.9 Å². The fourth-order valence-electron chi connectivity index (χ4n) is 1.59. The Balaban J connectivity index is 2.01. The van der Waals surface area contributed by atoms with Crippen molar-refractivity contribution < 1.29 is 14.6 Å². The van der Waals surface area contributed by atoms with Crippen molar-refractivity contribution in [2.45, 2.75) is 6.54 Å². The fourth-order valence-corrected chi connectivity index (χ4v) is 2.40. The molecule has 0 unspecified atom stereocenters. The number of nitrogens with two attached hydrogens (primary N) is 1. The summed E-state index contributed by atoms with van der Waals surface area (Å²) in [4.78, 5) is 12.0. The van der Waals surface area contributed by atoms with E-state index in [0.717, 1.165) is 10.6 Å². The van der Waals surface area contributed by atoms with Crippen LogP contribution < -0.4 is 15.8 Å². The van der Waals surface area contributed by atoms with E-state index >= 15 is 0 Å². The summed E-state index contributed by atoms with van der Waals surface area (Å²) in [6, 6.07) is 6.83. The number of hydrogen-bond acceptors (Lipinski definition) is 5. The normalized spacial score (nSPS) is 10.2. The van der Waals surface area contributed by atoms with Crippen molar-refractivity contribution in [2.75, 3.05) is 12.4 Å². The summed E-state index contributed by atoms with van der Waals surface area (Å²) in [7, 11) is 1.50. The number of thiophene rings is 1. The lowest BCUT2D eigenvalue weighted by Gasteiger charge is -2.08. The van der Waals surface area contributed by atoms with Crippen molar-refractivity contribution in [2.24, 2.45) is 5.73 Å². The van der Waals surface area contributed by atoms with Crippen LogP contribution in [0.5, 0.6) is 11.5 Å². The second-order valence-electron chi connectivity index (χ2n) is 3.91. The predicted molar refractivity (Wildman–Crippen MR) is 74.8 cm³/mol. The predicted octanol–water partition coefficient (Wildman–Crippen LogP) is 2.17. The number of phenols is 1. The van der Waals surface area contributed by atoms with Gasteiger partial charge in [-0.1, -0.05) is 0 Å². The number of ether oxygens (including phenoxy) is 1. The molecule has 0 radical (unpaired) electrons. The Kier molecular flexibility index (Phi) is 3.91. The quantitative estimate of drug-likeness (QED) is 0.782. The summed E-state index contributed by atoms with van der Waals surface area (Å²) < 4.78 is 4.97. The topological polar surface area (TPSA) is 84.6 Å². The van der Waals surface area contributed by atoms with Crippen LogP contribution in [0.25, 0.3) is 0 Å². The van der Waals surface area contributed by atoms with Crippen LogP contribution in [0, 0.1) is 0 Å². The van der Waals surface area contributed by atoms with Gasteiger partial charge in [0.2, 0.25) is 5.91 Å². The molecule has 100 valence electrons. The standard InChI is InChI=1S/C13H14N2O3S/c1-18-12-3-2-9(5-11(12)16)15-6-10-4-8(7-19-10)13(14)17/h2-5,7,15-16H,6H2,1H3,(H2,14,17). The number of methoxy groups -OCH3 is 1. The molecule has 1 amide bonds. The first-order valence-corrected chi connectivity index (χ1v) is 6.46. The van der Waals surface area contributed by atoms with Crippen molar-refractivity contribution in [3.05, 3.63) is 40.1 Å². The van der Waals surface area contributed by atoms with Gasteiger partial charge in [0.25, 0.3) is 0 Å². The Bertz CT molecular complexity index is 595. The molecule has 5 nitrogen and oxygen atoms in total. The SMILES string of the molecule is COc1ccc(NCc2cc(C(N)=O)cs2)cc1O. The van der Waals surface area contributed by atoms with Crippen LogP contribution in [-0.2, 0) is 6.54 Å². The van der Waals surface area contributed by atoms with E-state index in [1.165, 1.54) is 18.4 Å². The van der Waals surface area contributed by atoms with Crippen LogP contribution >= 0.6 is 11.3 Å². The number of hydrogen-bond donors (Lipinski definition) is 3. The molecule has 2 aromatic rings. The van der Waals surface area contributed by atoms with E-state index in [2.05, 4.69) is 5.32 Å². The molecule has 2 rings (SSSR count). The van der Waals surface area contributed by atoms with Gasteiger partial charge in [-0.05, 0) is 18.2 Å². The number of anilines is 1. The van der Waals surface area contributed by atoms with Crippen LogP contribution in [0.1, 0.15) is 15.2 Å². The highest BCUT2D eigenvalue weighted by Crippen LogP contribution is 2.29. The van der Waals surface area contributed by atoms with Gasteiger partial charge in [-0.25, -0.2) is 0 Å². The van der Waals surface area contributed by atoms with Gasteiger partial charge in [-0.15, -0.1) is 11.3 Å². The van der Waals surface area contributed by atoms with Crippen molar-refractivity contribution in [1.29, 1.82) is 0 Å². The van der Waals surface area contributed by atoms with E-state index in [-0.39, 0.29) is 5.75 Å². The molecule has 0 saturated carbocycles. The lowest BCUT2D eigenvalue weighted by atomic mass is 10.2. The Labute approximate surface area is 114 Å². The molecule has 0 spiro atoms. The number of carbonyl (C=O) groups is 1. The molecule has 0 fully saturated rings. The van der Waals surface area contributed by atoms with E-state index in [9.17, 15) is 9.90 Å². The number of carbonyl (C=O) groups excluding carboxylic acids is 1. The first kappa shape index (κ1) is 13.2. The maximum absolute atomic E-state index is 11.0. The molecule has 4 N–H and O–H groups in total. The summed E-state index contributed by atoms with van der Waals surface area (Å²) in [6.45, 7) is 0.559. The number of amides is 1. The minimum Gasteiger partial charge on any atom is -0.504 e. The highest BCUT2D eigenvalue weighted by atomic mass is 32.1. The molecule has 0 bridgehead atoms. The third-order valence-corrected chi connectivity index (χ3v) is 3.52. The van der Waals surface area contributed by atoms with Crippen molar-refractivity contribution in [3.8, 4) is 11.5 Å². The lowest BCUT2D eigenvalue weighted by molar-refractivity contribution is 0.100. The van der Waals surface area contributed by atoms with Crippen molar-refractivity contribution in [3.63, 3.8) is 0 Å². The average molecular weight is 278 g/mol. The summed E-state index contributed by atoms with van der Waals surface area (Å²) in [6.07, 6.45) is 0. The molecule has 19 heavy (non-hydrogen) atoms. The minimum atomic E-state index is -0.426. The molecule has 1 heterocycles. The largest absolute Gasteiger partial charge is 0.504 e. The summed E-state index contributed by atoms with van der Waals surface area (Å²) in [5, 5.41) is 14.5. The monoisotopic (exact) mass is 278 g/mol. The number of phenolic OH excluding ortho intramolecular Hbond substituents is 1. The van der Waals surface area contributed by atoms with Crippen LogP contribution in [0.4, 0.5) is 5.69 Å². The first-order valence-electron chi connectivity index (χ1n) is 5.58. The Morgan fingerprint density at radius 1 is 1.47 bits per heavy atom. The Hall–Kier alpha value is -2.21. The van der Waals surface area contributed by atoms with Gasteiger partial charge in [0.1, 0.15) is 0 Å². The molecule has 1 aromatic heterocycles. The minimum absolute atomic E-state index is 0.0801. The van der Waals surface area contributed by atoms with Gasteiger partial charge in [0.15, 0.2) is 11.5 Å². The van der Waals surface area contributed by atoms with Crippen LogP contribution in [0.3, 0.4) is 0 Å². The van der Waals surface area contributed by atoms with E-state index in [1.54, 1.807) is 29.6 Å². The summed E-state index contributed by atoms with van der Waals surface area (Å²) >= 11 is 1.46. The van der Waals surface area contributed by atoms with E-state index in [1.807, 2.05) is 0 Å². The second kappa shape index (κ2) is 5.62. The van der Waals surface area contributed by atoms with E-state index in [4.69, 9.17) is 10.5 Å². The van der Waals surface area contributed by atoms with Crippen LogP contribution in [0.2, 0.25) is 0 Å². The number of nitrogens with one attached hydrogen (secondary N) is 1. The lowest BCUT2D eigenvalue weighted by Crippen LogP contribution is -2.09. The van der Waals surface area contributed by atoms with Gasteiger partial charge in [-0.2, -0.15) is 0 Å². The summed E-state index contributed by atoms with van der Waals surface area (Å²) in [5.41, 5.74) is 6.47. The number of aromatic hydroxyl groups is 1. The van der Waals surface area contributed by atoms with Crippen molar-refractivity contribution >= 4 is 22.9 Å². The number of benzene rings is 1. The highest BCUT2D eigenvalue weighted by molar-refractivity contribution is 7.10. The smallest absolute Gasteiger partial charge is 0.249 e. The molecule has 1 aromatic carbocycles. The zero-order valence-corrected chi connectivity index (χ0v) is 11.2. The number of primary amides is 1. The molecule has 0 aliphatic heterocycles. The first-order chi connectivity index (χ1) is 9.10. The Morgan fingerprint density at radius 3 is 2.84 bits per heavy atom. The summed E-state index contributed by atoms with van der Waals surface area (Å²) in [5.74, 6) is 0.0822. The van der Waals surface area contributed by atoms with Gasteiger partial charge in [0, 0.05) is 28.6 Å². The van der Waals surface area contributed by atoms with Gasteiger partial charge in [-0.3, -0.25) is 4.79 Å². The molecular formula is C13H14N2O3S. The zero-order valence-electron chi connectivity index (χ0n) is 10.3. The third kappa shape index (κ3) is 3.17. The molecule has 0 aliphatic rings. The second-order valence-corrected chi connectivity index (χ2v) is 4.90. The maximum atomic E-state index is 11.0. The van der Waals surface area contributed by atoms with Crippen LogP contribution in [-0.4, -0.2) is 18.1 Å². The Morgan fingerprint density at radius 2 is 2.26 bits per heavy atom. The van der Waals surface area contributed by atoms with Gasteiger partial charge in [0.05, 0.1) is 12.7 Å². The van der Waals surface area contributed by atoms with E-state index in [0.29, 0.717) is 17.9 Å².